The molecule has 0 unspecified atom stereocenters. The number of rotatable bonds is 10. The molecule has 0 fully saturated rings. The van der Waals surface area contributed by atoms with Gasteiger partial charge < -0.3 is 50.2 Å². The van der Waals surface area contributed by atoms with E-state index in [1.54, 1.807) is 0 Å². The first-order valence-electron chi connectivity index (χ1n) is 6.31. The van der Waals surface area contributed by atoms with Crippen LogP contribution in [0.5, 0.6) is 0 Å². The Kier molecular flexibility index (Phi) is 43.3. The minimum absolute atomic E-state index is 0. The standard InChI is InChI=1S/2C6H11NO4.4Na/c2*1-7-4(6(10)11)2-3-5(8)9;;;;/h2*4,7H,2-3H2,1H3,(H,8,9)(H,10,11);;;;/q;;4*+1/p-4/t2*4-;;;;/m00..../s1. The number of nitrogens with one attached hydrogen (secondary N) is 2. The summed E-state index contributed by atoms with van der Waals surface area (Å²) in [5, 5.41) is 44.9. The molecule has 26 heavy (non-hydrogen) atoms. The summed E-state index contributed by atoms with van der Waals surface area (Å²) in [7, 11) is 2.85. The average Bonchev–Trinajstić information content (AvgIpc) is 2.39. The minimum Gasteiger partial charge on any atom is -0.550 e. The summed E-state index contributed by atoms with van der Waals surface area (Å²) in [5.41, 5.74) is 0. The van der Waals surface area contributed by atoms with Crippen LogP contribution < -0.4 is 149 Å². The normalized spacial score (nSPS) is 10.5. The van der Waals surface area contributed by atoms with E-state index in [2.05, 4.69) is 10.6 Å². The molecule has 0 aliphatic carbocycles. The van der Waals surface area contributed by atoms with Crippen LogP contribution in [0.1, 0.15) is 25.7 Å². The van der Waals surface area contributed by atoms with Gasteiger partial charge in [-0.25, -0.2) is 0 Å². The maximum Gasteiger partial charge on any atom is 1.00 e. The van der Waals surface area contributed by atoms with Gasteiger partial charge in [-0.3, -0.25) is 0 Å². The average molecular weight is 410 g/mol. The molecule has 0 bridgehead atoms. The Morgan fingerprint density at radius 2 is 0.885 bits per heavy atom. The van der Waals surface area contributed by atoms with Gasteiger partial charge in [-0.05, 0) is 39.8 Å². The number of hydrogen-bond acceptors (Lipinski definition) is 10. The van der Waals surface area contributed by atoms with E-state index in [0.717, 1.165) is 0 Å². The van der Waals surface area contributed by atoms with Crippen LogP contribution in [0.25, 0.3) is 0 Å². The largest absolute Gasteiger partial charge is 1.00 e. The molecule has 128 valence electrons. The van der Waals surface area contributed by atoms with Crippen LogP contribution in [-0.2, 0) is 19.2 Å². The number of hydrogen-bond donors (Lipinski definition) is 2. The van der Waals surface area contributed by atoms with E-state index in [-0.39, 0.29) is 144 Å². The Morgan fingerprint density at radius 3 is 1.00 bits per heavy atom. The van der Waals surface area contributed by atoms with Crippen LogP contribution in [-0.4, -0.2) is 50.1 Å². The van der Waals surface area contributed by atoms with Crippen LogP contribution in [0, 0.1) is 0 Å². The Hall–Kier alpha value is 1.80. The topological polar surface area (TPSA) is 185 Å². The van der Waals surface area contributed by atoms with Crippen molar-refractivity contribution in [2.75, 3.05) is 14.1 Å². The van der Waals surface area contributed by atoms with Crippen molar-refractivity contribution in [1.29, 1.82) is 0 Å². The van der Waals surface area contributed by atoms with E-state index >= 15 is 0 Å². The van der Waals surface area contributed by atoms with E-state index in [1.165, 1.54) is 14.1 Å². The summed E-state index contributed by atoms with van der Waals surface area (Å²) in [6.07, 6.45) is -0.582. The number of carbonyl (C=O) groups excluding carboxylic acids is 4. The van der Waals surface area contributed by atoms with E-state index in [1.807, 2.05) is 0 Å². The molecule has 0 aromatic heterocycles. The predicted octanol–water partition coefficient (Wildman–Crippen LogP) is -18.3. The molecule has 0 rings (SSSR count). The fourth-order valence-electron chi connectivity index (χ4n) is 1.28. The first-order chi connectivity index (χ1) is 10.1. The van der Waals surface area contributed by atoms with Crippen LogP contribution in [0.2, 0.25) is 0 Å². The molecular formula is C12H18N2Na4O8. The molecule has 2 atom stereocenters. The van der Waals surface area contributed by atoms with Crippen LogP contribution in [0.4, 0.5) is 0 Å². The Labute approximate surface area is 240 Å². The van der Waals surface area contributed by atoms with Crippen molar-refractivity contribution in [1.82, 2.24) is 10.6 Å². The van der Waals surface area contributed by atoms with E-state index in [9.17, 15) is 39.6 Å². The number of aliphatic carboxylic acids is 4. The molecule has 0 aromatic rings. The Morgan fingerprint density at radius 1 is 0.654 bits per heavy atom. The molecule has 14 heteroatoms. The molecule has 0 heterocycles. The molecule has 0 aromatic carbocycles. The molecule has 0 aliphatic heterocycles. The number of likely N-dealkylation sites (N-methyl/N-ethyl adjacent to an activating group) is 2. The van der Waals surface area contributed by atoms with Crippen molar-refractivity contribution in [3.05, 3.63) is 0 Å². The second kappa shape index (κ2) is 26.8. The van der Waals surface area contributed by atoms with Crippen LogP contribution in [0.15, 0.2) is 0 Å². The van der Waals surface area contributed by atoms with Crippen molar-refractivity contribution in [2.45, 2.75) is 37.8 Å². The summed E-state index contributed by atoms with van der Waals surface area (Å²) in [4.78, 5) is 40.1. The van der Waals surface area contributed by atoms with Gasteiger partial charge in [-0.2, -0.15) is 0 Å². The Balaban J connectivity index is -0.0000000667. The zero-order valence-electron chi connectivity index (χ0n) is 16.2. The molecule has 2 N–H and O–H groups in total. The molecule has 0 saturated carbocycles. The summed E-state index contributed by atoms with van der Waals surface area (Å²) in [6, 6.07) is -1.82. The zero-order valence-corrected chi connectivity index (χ0v) is 24.2. The van der Waals surface area contributed by atoms with Crippen molar-refractivity contribution in [2.24, 2.45) is 0 Å². The smallest absolute Gasteiger partial charge is 0.550 e. The third kappa shape index (κ3) is 28.0. The van der Waals surface area contributed by atoms with E-state index in [0.29, 0.717) is 0 Å². The summed E-state index contributed by atoms with van der Waals surface area (Å²) >= 11 is 0. The fourth-order valence-corrected chi connectivity index (χ4v) is 1.28. The van der Waals surface area contributed by atoms with Crippen molar-refractivity contribution in [3.63, 3.8) is 0 Å². The van der Waals surface area contributed by atoms with Gasteiger partial charge >= 0.3 is 118 Å². The second-order valence-corrected chi connectivity index (χ2v) is 4.14. The molecule has 0 amide bonds. The third-order valence-electron chi connectivity index (χ3n) is 2.54. The quantitative estimate of drug-likeness (QED) is 0.328. The molecule has 0 spiro atoms. The first-order valence-corrected chi connectivity index (χ1v) is 6.31. The maximum absolute atomic E-state index is 10.2. The second-order valence-electron chi connectivity index (χ2n) is 4.14. The summed E-state index contributed by atoms with van der Waals surface area (Å²) in [5.74, 6) is -5.11. The maximum atomic E-state index is 10.2. The van der Waals surface area contributed by atoms with Gasteiger partial charge in [0.25, 0.3) is 0 Å². The van der Waals surface area contributed by atoms with Crippen molar-refractivity contribution < 1.29 is 158 Å². The SMILES string of the molecule is CN[C@@H](CCC(=O)[O-])C(=O)[O-].CN[C@@H](CCC(=O)[O-])C(=O)[O-].[Na+].[Na+].[Na+].[Na+]. The van der Waals surface area contributed by atoms with Gasteiger partial charge in [-0.15, -0.1) is 0 Å². The van der Waals surface area contributed by atoms with Gasteiger partial charge in [0.2, 0.25) is 0 Å². The van der Waals surface area contributed by atoms with Crippen LogP contribution >= 0.6 is 0 Å². The van der Waals surface area contributed by atoms with Gasteiger partial charge in [-0.1, -0.05) is 0 Å². The first kappa shape index (κ1) is 42.0. The van der Waals surface area contributed by atoms with Crippen LogP contribution in [0.3, 0.4) is 0 Å². The van der Waals surface area contributed by atoms with Gasteiger partial charge in [0.05, 0.1) is 11.9 Å². The molecule has 0 saturated heterocycles. The zero-order chi connectivity index (χ0) is 17.7. The summed E-state index contributed by atoms with van der Waals surface area (Å²) in [6.45, 7) is 0. The number of carboxylic acid groups (broad SMARTS) is 4. The van der Waals surface area contributed by atoms with Gasteiger partial charge in [0.1, 0.15) is 0 Å². The number of carboxylic acids is 4. The van der Waals surface area contributed by atoms with E-state index < -0.39 is 36.0 Å². The molecule has 10 nitrogen and oxygen atoms in total. The monoisotopic (exact) mass is 410 g/mol. The van der Waals surface area contributed by atoms with Crippen molar-refractivity contribution in [3.8, 4) is 0 Å². The fraction of sp³-hybridized carbons (Fsp3) is 0.667. The minimum atomic E-state index is -1.30. The Bertz CT molecular complexity index is 365. The number of carbonyl (C=O) groups is 4. The van der Waals surface area contributed by atoms with Gasteiger partial charge in [0.15, 0.2) is 0 Å². The van der Waals surface area contributed by atoms with Crippen molar-refractivity contribution >= 4 is 23.9 Å². The van der Waals surface area contributed by atoms with E-state index in [4.69, 9.17) is 0 Å². The third-order valence-corrected chi connectivity index (χ3v) is 2.54. The molecule has 0 aliphatic rings. The molecular weight excluding hydrogens is 392 g/mol. The van der Waals surface area contributed by atoms with Gasteiger partial charge in [0, 0.05) is 24.0 Å². The predicted molar refractivity (Wildman–Crippen MR) is 64.2 cm³/mol. The molecule has 0 radical (unpaired) electrons. The summed E-state index contributed by atoms with van der Waals surface area (Å²) < 4.78 is 0.